The lowest BCUT2D eigenvalue weighted by Crippen LogP contribution is -2.49. The number of amides is 1. The zero-order valence-corrected chi connectivity index (χ0v) is 17.9. The van der Waals surface area contributed by atoms with Gasteiger partial charge in [0, 0.05) is 31.9 Å². The number of benzene rings is 1. The van der Waals surface area contributed by atoms with Crippen LogP contribution in [0.2, 0.25) is 0 Å². The maximum atomic E-state index is 13.5. The smallest absolute Gasteiger partial charge is 0.233 e. The molecular formula is C18H30Cl2FN3OS. The molecule has 0 radical (unpaired) electrons. The molecule has 0 saturated carbocycles. The predicted molar refractivity (Wildman–Crippen MR) is 113 cm³/mol. The molecule has 0 spiro atoms. The fourth-order valence-electron chi connectivity index (χ4n) is 2.99. The first kappa shape index (κ1) is 25.5. The van der Waals surface area contributed by atoms with Gasteiger partial charge < -0.3 is 15.1 Å². The van der Waals surface area contributed by atoms with Gasteiger partial charge in [-0.2, -0.15) is 11.8 Å². The molecular weight excluding hydrogens is 396 g/mol. The van der Waals surface area contributed by atoms with Gasteiger partial charge >= 0.3 is 0 Å². The summed E-state index contributed by atoms with van der Waals surface area (Å²) in [6.07, 6.45) is 0. The van der Waals surface area contributed by atoms with Gasteiger partial charge in [-0.3, -0.25) is 4.79 Å². The van der Waals surface area contributed by atoms with Crippen molar-refractivity contribution >= 4 is 42.5 Å². The van der Waals surface area contributed by atoms with Gasteiger partial charge in [0.1, 0.15) is 5.82 Å². The minimum Gasteiger partial charge on any atom is -0.332 e. The van der Waals surface area contributed by atoms with E-state index in [1.807, 2.05) is 11.0 Å². The third-order valence-electron chi connectivity index (χ3n) is 4.47. The summed E-state index contributed by atoms with van der Waals surface area (Å²) >= 11 is 1.69. The number of halogens is 3. The average Bonchev–Trinajstić information content (AvgIpc) is 2.61. The molecule has 1 fully saturated rings. The Morgan fingerprint density at radius 3 is 2.73 bits per heavy atom. The molecule has 0 aromatic heterocycles. The van der Waals surface area contributed by atoms with E-state index < -0.39 is 0 Å². The third kappa shape index (κ3) is 7.61. The summed E-state index contributed by atoms with van der Waals surface area (Å²) in [4.78, 5) is 16.9. The van der Waals surface area contributed by atoms with Crippen LogP contribution in [0.15, 0.2) is 24.3 Å². The first-order valence-electron chi connectivity index (χ1n) is 8.71. The number of rotatable bonds is 8. The molecule has 0 aliphatic carbocycles. The number of piperazine rings is 1. The van der Waals surface area contributed by atoms with E-state index in [1.165, 1.54) is 12.1 Å². The SMILES string of the molecule is CCN(CC)CCSCC(=O)N1CCNCC1c1cccc(F)c1.Cl.Cl. The van der Waals surface area contributed by atoms with Crippen LogP contribution in [0.4, 0.5) is 4.39 Å². The lowest BCUT2D eigenvalue weighted by atomic mass is 10.0. The number of carbonyl (C=O) groups excluding carboxylic acids is 1. The van der Waals surface area contributed by atoms with Crippen molar-refractivity contribution in [1.29, 1.82) is 0 Å². The van der Waals surface area contributed by atoms with E-state index in [9.17, 15) is 9.18 Å². The van der Waals surface area contributed by atoms with Crippen LogP contribution in [-0.4, -0.2) is 66.5 Å². The molecule has 1 aliphatic rings. The zero-order valence-electron chi connectivity index (χ0n) is 15.4. The second-order valence-corrected chi connectivity index (χ2v) is 7.05. The normalized spacial score (nSPS) is 16.8. The number of carbonyl (C=O) groups is 1. The van der Waals surface area contributed by atoms with Crippen LogP contribution in [-0.2, 0) is 4.79 Å². The zero-order chi connectivity index (χ0) is 17.4. The highest BCUT2D eigenvalue weighted by atomic mass is 35.5. The van der Waals surface area contributed by atoms with E-state index in [4.69, 9.17) is 0 Å². The molecule has 1 amide bonds. The first-order chi connectivity index (χ1) is 11.7. The maximum Gasteiger partial charge on any atom is 0.233 e. The highest BCUT2D eigenvalue weighted by Crippen LogP contribution is 2.23. The fraction of sp³-hybridized carbons (Fsp3) is 0.611. The van der Waals surface area contributed by atoms with E-state index in [1.54, 1.807) is 17.8 Å². The molecule has 2 rings (SSSR count). The molecule has 1 aromatic carbocycles. The minimum atomic E-state index is -0.251. The summed E-state index contributed by atoms with van der Waals surface area (Å²) in [5.41, 5.74) is 0.865. The molecule has 1 unspecified atom stereocenters. The van der Waals surface area contributed by atoms with E-state index in [0.29, 0.717) is 18.8 Å². The van der Waals surface area contributed by atoms with Crippen molar-refractivity contribution in [2.45, 2.75) is 19.9 Å². The summed E-state index contributed by atoms with van der Waals surface area (Å²) in [6.45, 7) is 9.57. The molecule has 26 heavy (non-hydrogen) atoms. The van der Waals surface area contributed by atoms with Gasteiger partial charge in [-0.05, 0) is 30.8 Å². The van der Waals surface area contributed by atoms with Crippen LogP contribution >= 0.6 is 36.6 Å². The Kier molecular flexibility index (Phi) is 13.3. The molecule has 1 saturated heterocycles. The Labute approximate surface area is 173 Å². The molecule has 1 atom stereocenters. The summed E-state index contributed by atoms with van der Waals surface area (Å²) in [7, 11) is 0. The number of thioether (sulfide) groups is 1. The quantitative estimate of drug-likeness (QED) is 0.648. The number of nitrogens with one attached hydrogen (secondary N) is 1. The number of hydrogen-bond acceptors (Lipinski definition) is 4. The van der Waals surface area contributed by atoms with E-state index in [2.05, 4.69) is 24.1 Å². The Balaban J connectivity index is 0.00000312. The summed E-state index contributed by atoms with van der Waals surface area (Å²) in [6, 6.07) is 6.50. The van der Waals surface area contributed by atoms with Crippen LogP contribution in [0.3, 0.4) is 0 Å². The van der Waals surface area contributed by atoms with Crippen molar-refractivity contribution in [1.82, 2.24) is 15.1 Å². The summed E-state index contributed by atoms with van der Waals surface area (Å²) < 4.78 is 13.5. The largest absolute Gasteiger partial charge is 0.332 e. The van der Waals surface area contributed by atoms with E-state index >= 15 is 0 Å². The minimum absolute atomic E-state index is 0. The monoisotopic (exact) mass is 425 g/mol. The molecule has 4 nitrogen and oxygen atoms in total. The van der Waals surface area contributed by atoms with Gasteiger partial charge in [0.15, 0.2) is 0 Å². The lowest BCUT2D eigenvalue weighted by molar-refractivity contribution is -0.131. The Morgan fingerprint density at radius 2 is 2.08 bits per heavy atom. The van der Waals surface area contributed by atoms with Crippen LogP contribution in [0, 0.1) is 5.82 Å². The number of hydrogen-bond donors (Lipinski definition) is 1. The van der Waals surface area contributed by atoms with E-state index in [-0.39, 0.29) is 42.6 Å². The molecule has 1 heterocycles. The van der Waals surface area contributed by atoms with Crippen molar-refractivity contribution in [3.8, 4) is 0 Å². The second-order valence-electron chi connectivity index (χ2n) is 5.94. The van der Waals surface area contributed by atoms with E-state index in [0.717, 1.165) is 37.5 Å². The Hall–Kier alpha value is -0.530. The molecule has 1 aliphatic heterocycles. The molecule has 1 N–H and O–H groups in total. The first-order valence-corrected chi connectivity index (χ1v) is 9.87. The summed E-state index contributed by atoms with van der Waals surface area (Å²) in [5.74, 6) is 1.35. The molecule has 0 bridgehead atoms. The van der Waals surface area contributed by atoms with Gasteiger partial charge in [0.25, 0.3) is 0 Å². The summed E-state index contributed by atoms with van der Waals surface area (Å²) in [5, 5.41) is 3.31. The average molecular weight is 426 g/mol. The predicted octanol–water partition coefficient (Wildman–Crippen LogP) is 3.22. The van der Waals surface area contributed by atoms with Crippen LogP contribution in [0.25, 0.3) is 0 Å². The lowest BCUT2D eigenvalue weighted by Gasteiger charge is -2.36. The van der Waals surface area contributed by atoms with Crippen LogP contribution < -0.4 is 5.32 Å². The van der Waals surface area contributed by atoms with Gasteiger partial charge in [0.2, 0.25) is 5.91 Å². The van der Waals surface area contributed by atoms with Gasteiger partial charge in [-0.25, -0.2) is 4.39 Å². The topological polar surface area (TPSA) is 35.6 Å². The van der Waals surface area contributed by atoms with Gasteiger partial charge in [-0.15, -0.1) is 24.8 Å². The van der Waals surface area contributed by atoms with Crippen molar-refractivity contribution in [2.24, 2.45) is 0 Å². The van der Waals surface area contributed by atoms with Crippen molar-refractivity contribution < 1.29 is 9.18 Å². The molecule has 150 valence electrons. The fourth-order valence-corrected chi connectivity index (χ4v) is 3.86. The van der Waals surface area contributed by atoms with Crippen molar-refractivity contribution in [3.05, 3.63) is 35.6 Å². The third-order valence-corrected chi connectivity index (χ3v) is 5.39. The maximum absolute atomic E-state index is 13.5. The second kappa shape index (κ2) is 13.6. The van der Waals surface area contributed by atoms with Gasteiger partial charge in [0.05, 0.1) is 11.8 Å². The molecule has 1 aromatic rings. The molecule has 8 heteroatoms. The van der Waals surface area contributed by atoms with Crippen molar-refractivity contribution in [2.75, 3.05) is 50.8 Å². The number of nitrogens with zero attached hydrogens (tertiary/aromatic N) is 2. The standard InChI is InChI=1S/C18H28FN3OS.2ClH/c1-3-21(4-2)10-11-24-14-18(23)22-9-8-20-13-17(22)15-6-5-7-16(19)12-15;;/h5-7,12,17,20H,3-4,8-11,13-14H2,1-2H3;2*1H. The van der Waals surface area contributed by atoms with Crippen LogP contribution in [0.5, 0.6) is 0 Å². The Morgan fingerprint density at radius 1 is 1.35 bits per heavy atom. The highest BCUT2D eigenvalue weighted by Gasteiger charge is 2.27. The Bertz CT molecular complexity index is 535. The van der Waals surface area contributed by atoms with Crippen LogP contribution in [0.1, 0.15) is 25.5 Å². The van der Waals surface area contributed by atoms with Gasteiger partial charge in [-0.1, -0.05) is 26.0 Å². The highest BCUT2D eigenvalue weighted by molar-refractivity contribution is 7.99. The van der Waals surface area contributed by atoms with Crippen molar-refractivity contribution in [3.63, 3.8) is 0 Å².